The van der Waals surface area contributed by atoms with Crippen molar-refractivity contribution in [2.75, 3.05) is 31.1 Å². The lowest BCUT2D eigenvalue weighted by Crippen LogP contribution is -2.44. The SMILES string of the molecule is CC(=O)c1ccc(OC[C@@H]2CCCN2S(=O)(=O)c2ccc3c(c2)C(=O)C2=NCC(C)(C)CN23)cc1. The van der Waals surface area contributed by atoms with Gasteiger partial charge in [0, 0.05) is 30.6 Å². The van der Waals surface area contributed by atoms with E-state index in [1.165, 1.54) is 17.3 Å². The number of rotatable bonds is 6. The predicted molar refractivity (Wildman–Crippen MR) is 133 cm³/mol. The van der Waals surface area contributed by atoms with Gasteiger partial charge in [0.25, 0.3) is 0 Å². The van der Waals surface area contributed by atoms with Gasteiger partial charge in [-0.1, -0.05) is 13.8 Å². The molecule has 0 N–H and O–H groups in total. The molecule has 3 aliphatic heterocycles. The molecule has 2 aromatic rings. The number of benzene rings is 2. The van der Waals surface area contributed by atoms with E-state index in [9.17, 15) is 18.0 Å². The van der Waals surface area contributed by atoms with Crippen LogP contribution in [0.1, 0.15) is 54.3 Å². The molecule has 3 heterocycles. The van der Waals surface area contributed by atoms with Gasteiger partial charge in [-0.2, -0.15) is 4.31 Å². The van der Waals surface area contributed by atoms with E-state index >= 15 is 0 Å². The molecule has 0 amide bonds. The number of ketones is 2. The van der Waals surface area contributed by atoms with Gasteiger partial charge in [0.1, 0.15) is 12.4 Å². The molecule has 1 fully saturated rings. The summed E-state index contributed by atoms with van der Waals surface area (Å²) in [5.74, 6) is 0.743. The maximum Gasteiger partial charge on any atom is 0.243 e. The van der Waals surface area contributed by atoms with Crippen LogP contribution in [-0.2, 0) is 10.0 Å². The molecule has 0 unspecified atom stereocenters. The Bertz CT molecular complexity index is 1330. The van der Waals surface area contributed by atoms with Crippen LogP contribution in [0, 0.1) is 5.41 Å². The van der Waals surface area contributed by atoms with Crippen LogP contribution < -0.4 is 9.64 Å². The molecular weight excluding hydrogens is 466 g/mol. The minimum absolute atomic E-state index is 0.0238. The van der Waals surface area contributed by atoms with Gasteiger partial charge in [0.2, 0.25) is 15.8 Å². The maximum atomic E-state index is 13.6. The quantitative estimate of drug-likeness (QED) is 0.569. The molecule has 2 aromatic carbocycles. The first-order valence-corrected chi connectivity index (χ1v) is 13.3. The number of hydrogen-bond acceptors (Lipinski definition) is 7. The van der Waals surface area contributed by atoms with Gasteiger partial charge in [-0.25, -0.2) is 8.42 Å². The highest BCUT2D eigenvalue weighted by atomic mass is 32.2. The third kappa shape index (κ3) is 4.27. The van der Waals surface area contributed by atoms with Crippen molar-refractivity contribution in [1.29, 1.82) is 0 Å². The molecule has 3 aliphatic rings. The van der Waals surface area contributed by atoms with Gasteiger partial charge < -0.3 is 9.64 Å². The number of amidine groups is 1. The van der Waals surface area contributed by atoms with Crippen molar-refractivity contribution in [2.24, 2.45) is 10.4 Å². The Labute approximate surface area is 205 Å². The van der Waals surface area contributed by atoms with Gasteiger partial charge in [0.05, 0.1) is 22.2 Å². The third-order valence-corrected chi connectivity index (χ3v) is 8.79. The molecule has 0 aromatic heterocycles. The van der Waals surface area contributed by atoms with Crippen LogP contribution in [0.5, 0.6) is 5.75 Å². The summed E-state index contributed by atoms with van der Waals surface area (Å²) in [6.07, 6.45) is 1.42. The molecule has 0 aliphatic carbocycles. The summed E-state index contributed by atoms with van der Waals surface area (Å²) < 4.78 is 34.5. The first kappa shape index (κ1) is 23.7. The number of Topliss-reactive ketones (excluding diaryl/α,β-unsaturated/α-hetero) is 2. The van der Waals surface area contributed by atoms with E-state index < -0.39 is 10.0 Å². The second-order valence-electron chi connectivity index (χ2n) is 10.2. The fourth-order valence-corrected chi connectivity index (χ4v) is 6.65. The minimum atomic E-state index is -3.81. The van der Waals surface area contributed by atoms with E-state index in [0.29, 0.717) is 48.8 Å². The van der Waals surface area contributed by atoms with Crippen LogP contribution in [0.4, 0.5) is 5.69 Å². The zero-order chi connectivity index (χ0) is 25.0. The standard InChI is InChI=1S/C26H29N3O5S/c1-17(30)18-6-8-20(9-7-18)34-14-19-5-4-12-29(19)35(32,33)21-10-11-23-22(13-21)24(31)25-27-15-26(2,3)16-28(23)25/h6-11,13,19H,4-5,12,14-16H2,1-3H3/t19-/m0/s1. The number of sulfonamides is 1. The second-order valence-corrected chi connectivity index (χ2v) is 12.1. The van der Waals surface area contributed by atoms with Gasteiger partial charge in [0.15, 0.2) is 11.6 Å². The summed E-state index contributed by atoms with van der Waals surface area (Å²) >= 11 is 0. The topological polar surface area (TPSA) is 96.3 Å². The Morgan fingerprint density at radius 2 is 1.91 bits per heavy atom. The first-order chi connectivity index (χ1) is 16.6. The van der Waals surface area contributed by atoms with Crippen molar-refractivity contribution in [1.82, 2.24) is 4.31 Å². The predicted octanol–water partition coefficient (Wildman–Crippen LogP) is 3.56. The lowest BCUT2D eigenvalue weighted by atomic mass is 9.91. The number of fused-ring (bicyclic) bond motifs is 3. The molecule has 0 bridgehead atoms. The van der Waals surface area contributed by atoms with Crippen LogP contribution in [0.15, 0.2) is 52.4 Å². The summed E-state index contributed by atoms with van der Waals surface area (Å²) in [6.45, 7) is 7.54. The number of anilines is 1. The Morgan fingerprint density at radius 1 is 1.17 bits per heavy atom. The molecule has 1 atom stereocenters. The van der Waals surface area contributed by atoms with Crippen molar-refractivity contribution < 1.29 is 22.7 Å². The fourth-order valence-electron chi connectivity index (χ4n) is 4.94. The molecule has 1 saturated heterocycles. The van der Waals surface area contributed by atoms with E-state index in [4.69, 9.17) is 4.74 Å². The smallest absolute Gasteiger partial charge is 0.243 e. The largest absolute Gasteiger partial charge is 0.492 e. The van der Waals surface area contributed by atoms with Crippen molar-refractivity contribution in [2.45, 2.75) is 44.6 Å². The lowest BCUT2D eigenvalue weighted by molar-refractivity contribution is 0.101. The highest BCUT2D eigenvalue weighted by molar-refractivity contribution is 7.89. The average molecular weight is 496 g/mol. The second kappa shape index (κ2) is 8.57. The number of hydrogen-bond donors (Lipinski definition) is 0. The van der Waals surface area contributed by atoms with Crippen LogP contribution >= 0.6 is 0 Å². The van der Waals surface area contributed by atoms with Crippen molar-refractivity contribution in [3.63, 3.8) is 0 Å². The highest BCUT2D eigenvalue weighted by Gasteiger charge is 2.42. The summed E-state index contributed by atoms with van der Waals surface area (Å²) in [5.41, 5.74) is 1.64. The van der Waals surface area contributed by atoms with Crippen LogP contribution in [0.2, 0.25) is 0 Å². The molecule has 0 radical (unpaired) electrons. The molecular formula is C26H29N3O5S. The molecule has 0 spiro atoms. The molecule has 35 heavy (non-hydrogen) atoms. The summed E-state index contributed by atoms with van der Waals surface area (Å²) in [4.78, 5) is 31.0. The monoisotopic (exact) mass is 495 g/mol. The van der Waals surface area contributed by atoms with Crippen molar-refractivity contribution >= 4 is 33.1 Å². The Kier molecular flexibility index (Phi) is 5.80. The van der Waals surface area contributed by atoms with E-state index in [-0.39, 0.29) is 34.5 Å². The third-order valence-electron chi connectivity index (χ3n) is 6.84. The van der Waals surface area contributed by atoms with Crippen LogP contribution in [-0.4, -0.2) is 62.4 Å². The Hall–Kier alpha value is -3.04. The van der Waals surface area contributed by atoms with Crippen molar-refractivity contribution in [3.05, 3.63) is 53.6 Å². The Balaban J connectivity index is 1.35. The number of aliphatic imine (C=N–C) groups is 1. The first-order valence-electron chi connectivity index (χ1n) is 11.8. The normalized spacial score (nSPS) is 21.5. The van der Waals surface area contributed by atoms with E-state index in [0.717, 1.165) is 12.1 Å². The summed E-state index contributed by atoms with van der Waals surface area (Å²) in [7, 11) is -3.81. The number of carbonyl (C=O) groups is 2. The fraction of sp³-hybridized carbons (Fsp3) is 0.423. The number of nitrogens with zero attached hydrogens (tertiary/aromatic N) is 3. The van der Waals surface area contributed by atoms with Gasteiger partial charge >= 0.3 is 0 Å². The van der Waals surface area contributed by atoms with E-state index in [1.807, 2.05) is 4.90 Å². The minimum Gasteiger partial charge on any atom is -0.492 e. The number of carbonyl (C=O) groups excluding carboxylic acids is 2. The summed E-state index contributed by atoms with van der Waals surface area (Å²) in [5, 5.41) is 0. The highest BCUT2D eigenvalue weighted by Crippen LogP contribution is 2.38. The van der Waals surface area contributed by atoms with E-state index in [1.54, 1.807) is 36.4 Å². The van der Waals surface area contributed by atoms with Crippen molar-refractivity contribution in [3.8, 4) is 5.75 Å². The summed E-state index contributed by atoms with van der Waals surface area (Å²) in [6, 6.07) is 11.3. The van der Waals surface area contributed by atoms with Crippen LogP contribution in [0.25, 0.3) is 0 Å². The average Bonchev–Trinajstić information content (AvgIpc) is 3.40. The molecule has 0 saturated carbocycles. The zero-order valence-corrected chi connectivity index (χ0v) is 21.0. The lowest BCUT2D eigenvalue weighted by Gasteiger charge is -2.34. The maximum absolute atomic E-state index is 13.6. The number of ether oxygens (including phenoxy) is 1. The van der Waals surface area contributed by atoms with Gasteiger partial charge in [-0.3, -0.25) is 14.6 Å². The molecule has 184 valence electrons. The van der Waals surface area contributed by atoms with Gasteiger partial charge in [-0.05, 0) is 62.2 Å². The molecule has 8 nitrogen and oxygen atoms in total. The van der Waals surface area contributed by atoms with Gasteiger partial charge in [-0.15, -0.1) is 0 Å². The Morgan fingerprint density at radius 3 is 2.63 bits per heavy atom. The van der Waals surface area contributed by atoms with E-state index in [2.05, 4.69) is 18.8 Å². The molecule has 5 rings (SSSR count). The van der Waals surface area contributed by atoms with Crippen LogP contribution in [0.3, 0.4) is 0 Å². The molecule has 9 heteroatoms. The zero-order valence-electron chi connectivity index (χ0n) is 20.2.